The maximum Gasteiger partial charge on any atom is 0.257 e. The number of amides is 1. The first-order valence-corrected chi connectivity index (χ1v) is 6.96. The van der Waals surface area contributed by atoms with E-state index in [0.29, 0.717) is 21.3 Å². The molecule has 20 heavy (non-hydrogen) atoms. The van der Waals surface area contributed by atoms with E-state index in [1.807, 2.05) is 6.92 Å². The fourth-order valence-electron chi connectivity index (χ4n) is 1.78. The van der Waals surface area contributed by atoms with Gasteiger partial charge < -0.3 is 10.6 Å². The summed E-state index contributed by atoms with van der Waals surface area (Å²) in [5, 5.41) is 7.10. The third kappa shape index (κ3) is 3.65. The molecule has 2 N–H and O–H groups in total. The molecule has 0 heterocycles. The first-order valence-electron chi connectivity index (χ1n) is 6.20. The van der Waals surface area contributed by atoms with E-state index in [0.717, 1.165) is 12.2 Å². The van der Waals surface area contributed by atoms with Gasteiger partial charge in [0, 0.05) is 28.0 Å². The van der Waals surface area contributed by atoms with Crippen LogP contribution in [0.3, 0.4) is 0 Å². The molecule has 2 aromatic carbocycles. The smallest absolute Gasteiger partial charge is 0.257 e. The van der Waals surface area contributed by atoms with Crippen LogP contribution >= 0.6 is 23.2 Å². The molecule has 1 amide bonds. The van der Waals surface area contributed by atoms with Crippen LogP contribution in [0.2, 0.25) is 10.0 Å². The Hall–Kier alpha value is -1.71. The molecule has 0 fully saturated rings. The quantitative estimate of drug-likeness (QED) is 0.861. The summed E-state index contributed by atoms with van der Waals surface area (Å²) < 4.78 is 0. The highest BCUT2D eigenvalue weighted by atomic mass is 35.5. The van der Waals surface area contributed by atoms with Crippen molar-refractivity contribution in [1.29, 1.82) is 0 Å². The molecule has 0 saturated carbocycles. The third-order valence-electron chi connectivity index (χ3n) is 2.70. The van der Waals surface area contributed by atoms with Gasteiger partial charge >= 0.3 is 0 Å². The van der Waals surface area contributed by atoms with Crippen molar-refractivity contribution in [3.05, 3.63) is 58.1 Å². The lowest BCUT2D eigenvalue weighted by atomic mass is 10.1. The number of carbonyl (C=O) groups is 1. The van der Waals surface area contributed by atoms with Crippen molar-refractivity contribution in [1.82, 2.24) is 0 Å². The summed E-state index contributed by atoms with van der Waals surface area (Å²) in [6, 6.07) is 12.1. The van der Waals surface area contributed by atoms with Crippen molar-refractivity contribution in [2.45, 2.75) is 6.92 Å². The van der Waals surface area contributed by atoms with E-state index in [1.165, 1.54) is 0 Å². The van der Waals surface area contributed by atoms with E-state index < -0.39 is 0 Å². The van der Waals surface area contributed by atoms with Gasteiger partial charge in [-0.3, -0.25) is 4.79 Å². The van der Waals surface area contributed by atoms with Crippen LogP contribution in [0.25, 0.3) is 0 Å². The highest BCUT2D eigenvalue weighted by molar-refractivity contribution is 6.31. The van der Waals surface area contributed by atoms with E-state index in [2.05, 4.69) is 10.6 Å². The van der Waals surface area contributed by atoms with Gasteiger partial charge in [-0.25, -0.2) is 0 Å². The number of nitrogens with one attached hydrogen (secondary N) is 2. The molecule has 104 valence electrons. The van der Waals surface area contributed by atoms with Crippen molar-refractivity contribution in [2.75, 3.05) is 17.2 Å². The van der Waals surface area contributed by atoms with Crippen LogP contribution in [-0.4, -0.2) is 12.5 Å². The summed E-state index contributed by atoms with van der Waals surface area (Å²) in [7, 11) is 0. The zero-order valence-electron chi connectivity index (χ0n) is 10.9. The number of anilines is 2. The molecule has 0 aliphatic rings. The predicted octanol–water partition coefficient (Wildman–Crippen LogP) is 4.68. The average molecular weight is 309 g/mol. The van der Waals surface area contributed by atoms with Crippen LogP contribution < -0.4 is 10.6 Å². The van der Waals surface area contributed by atoms with Crippen LogP contribution in [0.15, 0.2) is 42.5 Å². The molecule has 0 saturated heterocycles. The molecule has 2 aromatic rings. The standard InChI is InChI=1S/C15H14Cl2N2O/c1-2-18-14-8-5-11(17)9-13(14)15(20)19-12-6-3-10(16)4-7-12/h3-9,18H,2H2,1H3,(H,19,20). The fourth-order valence-corrected chi connectivity index (χ4v) is 2.08. The maximum atomic E-state index is 12.3. The SMILES string of the molecule is CCNc1ccc(Cl)cc1C(=O)Nc1ccc(Cl)cc1. The Morgan fingerprint density at radius 2 is 1.70 bits per heavy atom. The Morgan fingerprint density at radius 3 is 2.35 bits per heavy atom. The zero-order valence-corrected chi connectivity index (χ0v) is 12.4. The minimum atomic E-state index is -0.217. The second kappa shape index (κ2) is 6.64. The molecule has 2 rings (SSSR count). The van der Waals surface area contributed by atoms with E-state index in [1.54, 1.807) is 42.5 Å². The molecule has 5 heteroatoms. The molecule has 0 unspecified atom stereocenters. The Morgan fingerprint density at radius 1 is 1.05 bits per heavy atom. The number of halogens is 2. The maximum absolute atomic E-state index is 12.3. The normalized spacial score (nSPS) is 10.2. The summed E-state index contributed by atoms with van der Waals surface area (Å²) in [5.41, 5.74) is 1.94. The lowest BCUT2D eigenvalue weighted by molar-refractivity contribution is 0.102. The van der Waals surface area contributed by atoms with E-state index >= 15 is 0 Å². The van der Waals surface area contributed by atoms with Gasteiger partial charge in [-0.05, 0) is 49.4 Å². The molecule has 0 aliphatic carbocycles. The average Bonchev–Trinajstić information content (AvgIpc) is 2.43. The van der Waals surface area contributed by atoms with Crippen LogP contribution in [0.1, 0.15) is 17.3 Å². The largest absolute Gasteiger partial charge is 0.385 e. The number of benzene rings is 2. The van der Waals surface area contributed by atoms with Crippen LogP contribution in [0, 0.1) is 0 Å². The molecule has 3 nitrogen and oxygen atoms in total. The lowest BCUT2D eigenvalue weighted by Crippen LogP contribution is -2.14. The molecule has 0 spiro atoms. The van der Waals surface area contributed by atoms with Crippen LogP contribution in [0.5, 0.6) is 0 Å². The lowest BCUT2D eigenvalue weighted by Gasteiger charge is -2.11. The fraction of sp³-hybridized carbons (Fsp3) is 0.133. The molecule has 0 atom stereocenters. The summed E-state index contributed by atoms with van der Waals surface area (Å²) in [6.45, 7) is 2.69. The second-order valence-electron chi connectivity index (χ2n) is 4.18. The van der Waals surface area contributed by atoms with Crippen molar-refractivity contribution in [3.8, 4) is 0 Å². The number of hydrogen-bond donors (Lipinski definition) is 2. The van der Waals surface area contributed by atoms with Crippen molar-refractivity contribution in [2.24, 2.45) is 0 Å². The highest BCUT2D eigenvalue weighted by Gasteiger charge is 2.12. The molecule has 0 aliphatic heterocycles. The predicted molar refractivity (Wildman–Crippen MR) is 85.0 cm³/mol. The Kier molecular flexibility index (Phi) is 4.88. The molecular weight excluding hydrogens is 295 g/mol. The third-order valence-corrected chi connectivity index (χ3v) is 3.18. The zero-order chi connectivity index (χ0) is 14.5. The summed E-state index contributed by atoms with van der Waals surface area (Å²) >= 11 is 11.8. The number of rotatable bonds is 4. The first kappa shape index (κ1) is 14.7. The van der Waals surface area contributed by atoms with Gasteiger partial charge in [0.15, 0.2) is 0 Å². The van der Waals surface area contributed by atoms with Crippen LogP contribution in [0.4, 0.5) is 11.4 Å². The second-order valence-corrected chi connectivity index (χ2v) is 5.05. The van der Waals surface area contributed by atoms with Gasteiger partial charge in [-0.15, -0.1) is 0 Å². The summed E-state index contributed by atoms with van der Waals surface area (Å²) in [5.74, 6) is -0.217. The van der Waals surface area contributed by atoms with E-state index in [-0.39, 0.29) is 5.91 Å². The van der Waals surface area contributed by atoms with Gasteiger partial charge in [0.1, 0.15) is 0 Å². The van der Waals surface area contributed by atoms with Gasteiger partial charge in [-0.1, -0.05) is 23.2 Å². The monoisotopic (exact) mass is 308 g/mol. The topological polar surface area (TPSA) is 41.1 Å². The van der Waals surface area contributed by atoms with Gasteiger partial charge in [0.05, 0.1) is 5.56 Å². The number of carbonyl (C=O) groups excluding carboxylic acids is 1. The van der Waals surface area contributed by atoms with Gasteiger partial charge in [0.2, 0.25) is 0 Å². The van der Waals surface area contributed by atoms with E-state index in [9.17, 15) is 4.79 Å². The first-order chi connectivity index (χ1) is 9.60. The summed E-state index contributed by atoms with van der Waals surface area (Å²) in [4.78, 5) is 12.3. The van der Waals surface area contributed by atoms with Crippen LogP contribution in [-0.2, 0) is 0 Å². The molecule has 0 aromatic heterocycles. The number of hydrogen-bond acceptors (Lipinski definition) is 2. The molecule has 0 radical (unpaired) electrons. The minimum Gasteiger partial charge on any atom is -0.385 e. The van der Waals surface area contributed by atoms with Gasteiger partial charge in [0.25, 0.3) is 5.91 Å². The molecule has 0 bridgehead atoms. The van der Waals surface area contributed by atoms with E-state index in [4.69, 9.17) is 23.2 Å². The Bertz CT molecular complexity index is 612. The van der Waals surface area contributed by atoms with Crippen molar-refractivity contribution < 1.29 is 4.79 Å². The highest BCUT2D eigenvalue weighted by Crippen LogP contribution is 2.22. The Labute approximate surface area is 127 Å². The van der Waals surface area contributed by atoms with Gasteiger partial charge in [-0.2, -0.15) is 0 Å². The Balaban J connectivity index is 2.23. The van der Waals surface area contributed by atoms with Crippen molar-refractivity contribution in [3.63, 3.8) is 0 Å². The minimum absolute atomic E-state index is 0.217. The molecular formula is C15H14Cl2N2O. The summed E-state index contributed by atoms with van der Waals surface area (Å²) in [6.07, 6.45) is 0. The van der Waals surface area contributed by atoms with Crippen molar-refractivity contribution >= 4 is 40.5 Å².